The van der Waals surface area contributed by atoms with Crippen molar-refractivity contribution in [2.24, 2.45) is 70.1 Å². The first-order valence-corrected chi connectivity index (χ1v) is 45.9. The van der Waals surface area contributed by atoms with Crippen LogP contribution in [0.1, 0.15) is 272 Å². The Bertz CT molecular complexity index is 2980. The lowest BCUT2D eigenvalue weighted by molar-refractivity contribution is -0.255. The molecule has 5 aliphatic rings. The molecule has 5 aliphatic heterocycles. The van der Waals surface area contributed by atoms with Crippen LogP contribution in [-0.2, 0) is 108 Å². The number of rotatable bonds is 48. The number of aliphatic imine (C=N–C) groups is 1. The van der Waals surface area contributed by atoms with Crippen molar-refractivity contribution in [2.45, 2.75) is 342 Å². The zero-order chi connectivity index (χ0) is 87.3. The maximum atomic E-state index is 11.2. The average Bonchev–Trinajstić information content (AvgIpc) is 1.54. The number of hydrogen-bond donors (Lipinski definition) is 1. The normalized spacial score (nSPS) is 27.3. The van der Waals surface area contributed by atoms with E-state index in [-0.39, 0.29) is 111 Å². The van der Waals surface area contributed by atoms with Crippen molar-refractivity contribution < 1.29 is 99.6 Å². The monoisotopic (exact) mass is 1690 g/mol. The summed E-state index contributed by atoms with van der Waals surface area (Å²) in [6.07, 6.45) is 17.7. The van der Waals surface area contributed by atoms with E-state index < -0.39 is 8.53 Å². The number of nitriles is 1. The number of unbranched alkanes of at least 4 members (excludes halogenated alkanes) is 13. The number of hydrogen-bond acceptors (Lipinski definition) is 24. The first-order chi connectivity index (χ1) is 56.5. The van der Waals surface area contributed by atoms with E-state index in [2.05, 4.69) is 163 Å². The summed E-state index contributed by atoms with van der Waals surface area (Å²) in [6.45, 7) is 49.8. The fourth-order valence-corrected chi connectivity index (χ4v) is 16.4. The molecule has 0 aromatic heterocycles. The van der Waals surface area contributed by atoms with Gasteiger partial charge in [0.25, 0.3) is 8.53 Å². The number of fused-ring (bicyclic) bond motifs is 1. The van der Waals surface area contributed by atoms with Gasteiger partial charge in [0, 0.05) is 104 Å². The van der Waals surface area contributed by atoms with Crippen LogP contribution in [0.4, 0.5) is 0 Å². The lowest BCUT2D eigenvalue weighted by Crippen LogP contribution is -2.49. The molecule has 0 amide bonds. The van der Waals surface area contributed by atoms with Gasteiger partial charge in [0.2, 0.25) is 6.29 Å². The highest BCUT2D eigenvalue weighted by Crippen LogP contribution is 2.47. The number of carbonyl (C=O) groups excluding carboxylic acids is 4. The molecule has 0 saturated carbocycles. The van der Waals surface area contributed by atoms with E-state index in [4.69, 9.17) is 85.7 Å². The summed E-state index contributed by atoms with van der Waals surface area (Å²) >= 11 is 0. The van der Waals surface area contributed by atoms with Gasteiger partial charge in [0.05, 0.1) is 63.3 Å². The van der Waals surface area contributed by atoms with Crippen LogP contribution in [0.5, 0.6) is 0 Å². The second-order valence-electron chi connectivity index (χ2n) is 33.5. The first-order valence-electron chi connectivity index (χ1n) is 44.7. The van der Waals surface area contributed by atoms with Gasteiger partial charge in [-0.05, 0) is 131 Å². The molecule has 0 aliphatic carbocycles. The van der Waals surface area contributed by atoms with E-state index >= 15 is 0 Å². The highest BCUT2D eigenvalue weighted by molar-refractivity contribution is 7.44. The Morgan fingerprint density at radius 3 is 1.12 bits per heavy atom. The van der Waals surface area contributed by atoms with Crippen LogP contribution in [0, 0.1) is 76.4 Å². The van der Waals surface area contributed by atoms with Crippen molar-refractivity contribution in [3.63, 3.8) is 0 Å². The standard InChI is InChI=1S/C26H49N2O6P.C24H38O5.C17H32O5.C14H22O.C12H19NO4/c1-19(2)28(20(3)4)35(33-17-13-14-27)32-16-12-10-9-11-15-30-26-23(7)21(5)22(6)25(34-26)18-31-24(8)29;1-18-19(2)23(17-28-21(4)25)29-24(20(18)3)27-15-11-6-5-10-14-26-16-22-12-8-7-9-13-22;1-12-13(2)16(11-21-15(4)19)22-17(14(12)3)20-10-8-6-5-7-9-18;1-2-3-4-5-9-12-15-13-14-10-7-6-8-11-14;1-6-7(2)11-12(16-8(3)13-11)17-10(6)5-15-9(4)14/h19-23,25-26H,9-13,15-18H2,1-8H3;7-9,12-13,18-20,23-24H,5-6,10-11,14-17H2,1-4H3;12-14,16-18H,5-11H2,1-4H3;6-8,10-11H,2-5,9,12-13H2,1H3;6-7,10-12H,5H2,1-4H3/t21-,22+,23?,25?,26+,35?;18-,19+,20?,23?,24+;12-,13+,14?,16?,17+;;6-,7+,10?,11?,12-/m000.1/s1. The second kappa shape index (κ2) is 63.2. The van der Waals surface area contributed by atoms with Crippen LogP contribution < -0.4 is 0 Å². The van der Waals surface area contributed by atoms with Crippen molar-refractivity contribution in [3.8, 4) is 6.07 Å². The minimum Gasteiger partial charge on any atom is -0.463 e. The average molecular weight is 1690 g/mol. The van der Waals surface area contributed by atoms with E-state index in [9.17, 15) is 19.2 Å². The molecule has 118 heavy (non-hydrogen) atoms. The summed E-state index contributed by atoms with van der Waals surface area (Å²) in [7, 11) is -1.17. The fraction of sp³-hybridized carbons (Fsp3) is 0.806. The predicted molar refractivity (Wildman–Crippen MR) is 462 cm³/mol. The summed E-state index contributed by atoms with van der Waals surface area (Å²) < 4.78 is 93.8. The van der Waals surface area contributed by atoms with Gasteiger partial charge in [-0.25, -0.2) is 9.66 Å². The van der Waals surface area contributed by atoms with Crippen molar-refractivity contribution >= 4 is 38.3 Å². The molecule has 24 nitrogen and oxygen atoms in total. The van der Waals surface area contributed by atoms with Gasteiger partial charge < -0.3 is 80.5 Å². The van der Waals surface area contributed by atoms with Crippen LogP contribution in [0.15, 0.2) is 65.7 Å². The third-order valence-corrected chi connectivity index (χ3v) is 25.6. The number of aliphatic hydroxyl groups excluding tert-OH is 1. The van der Waals surface area contributed by atoms with Crippen molar-refractivity contribution in [1.82, 2.24) is 4.67 Å². The van der Waals surface area contributed by atoms with Gasteiger partial charge in [-0.3, -0.25) is 19.2 Å². The Morgan fingerprint density at radius 2 is 0.771 bits per heavy atom. The molecule has 21 atom stereocenters. The highest BCUT2D eigenvalue weighted by Gasteiger charge is 2.47. The molecule has 2 aromatic carbocycles. The Morgan fingerprint density at radius 1 is 0.441 bits per heavy atom. The summed E-state index contributed by atoms with van der Waals surface area (Å²) in [4.78, 5) is 48.6. The van der Waals surface area contributed by atoms with Gasteiger partial charge in [0.1, 0.15) is 32.5 Å². The van der Waals surface area contributed by atoms with Crippen LogP contribution in [-0.4, -0.2) is 187 Å². The Balaban J connectivity index is 0.000000394. The molecule has 7 rings (SSSR count). The van der Waals surface area contributed by atoms with Gasteiger partial charge in [-0.1, -0.05) is 208 Å². The SMILES string of the molecule is CC(=O)OCC1O[C@@H](OCCCCCCO)C(C)[C@@H](C)[C@H]1C.CC(=O)OCC1O[C@@H](OCCCCCCOCc2ccccc2)C(C)[C@@H](C)[C@H]1C.CC(=O)OCC1O[C@@H](OCCCCCCOP(OCCC#N)N(C(C)C)C(C)C)C(C)[C@@H](C)[C@H]1C.CC(=O)OCC1O[C@H]2OC(C)=NC2[C@@H](C)[C@H]1C.CCCCCCCOCc1ccccc1. The zero-order valence-electron chi connectivity index (χ0n) is 76.5. The van der Waals surface area contributed by atoms with E-state index in [0.717, 1.165) is 96.9 Å². The molecular formula is C93H160N3O21P. The summed E-state index contributed by atoms with van der Waals surface area (Å²) in [5.74, 6) is 3.44. The van der Waals surface area contributed by atoms with E-state index in [1.165, 1.54) is 70.9 Å². The molecule has 0 bridgehead atoms. The molecule has 0 radical (unpaired) electrons. The van der Waals surface area contributed by atoms with Gasteiger partial charge >= 0.3 is 23.9 Å². The lowest BCUT2D eigenvalue weighted by atomic mass is 9.79. The number of carbonyl (C=O) groups is 4. The van der Waals surface area contributed by atoms with Crippen molar-refractivity contribution in [1.29, 1.82) is 5.26 Å². The summed E-state index contributed by atoms with van der Waals surface area (Å²) in [6, 6.07) is 23.5. The maximum absolute atomic E-state index is 11.2. The van der Waals surface area contributed by atoms with Crippen LogP contribution >= 0.6 is 8.53 Å². The minimum absolute atomic E-state index is 0.0681. The largest absolute Gasteiger partial charge is 0.463 e. The van der Waals surface area contributed by atoms with E-state index in [0.29, 0.717) is 131 Å². The van der Waals surface area contributed by atoms with E-state index in [1.54, 1.807) is 0 Å². The predicted octanol–water partition coefficient (Wildman–Crippen LogP) is 19.3. The van der Waals surface area contributed by atoms with Gasteiger partial charge in [-0.2, -0.15) is 5.26 Å². The molecule has 4 fully saturated rings. The molecule has 1 N–H and O–H groups in total. The quantitative estimate of drug-likeness (QED) is 0.0279. The van der Waals surface area contributed by atoms with Crippen LogP contribution in [0.2, 0.25) is 0 Å². The smallest absolute Gasteiger partial charge is 0.302 e. The van der Waals surface area contributed by atoms with Gasteiger partial charge in [-0.15, -0.1) is 0 Å². The lowest BCUT2D eigenvalue weighted by Gasteiger charge is -2.43. The Labute approximate surface area is 713 Å². The third-order valence-electron chi connectivity index (χ3n) is 23.5. The summed E-state index contributed by atoms with van der Waals surface area (Å²) in [5, 5.41) is 17.6. The topological polar surface area (TPSA) is 276 Å². The van der Waals surface area contributed by atoms with Crippen molar-refractivity contribution in [2.75, 3.05) is 79.3 Å². The maximum Gasteiger partial charge on any atom is 0.302 e. The molecule has 678 valence electrons. The van der Waals surface area contributed by atoms with E-state index in [1.807, 2.05) is 31.2 Å². The molecule has 5 heterocycles. The van der Waals surface area contributed by atoms with Crippen LogP contribution in [0.3, 0.4) is 0 Å². The number of nitrogens with zero attached hydrogens (tertiary/aromatic N) is 3. The first kappa shape index (κ1) is 107. The van der Waals surface area contributed by atoms with Crippen molar-refractivity contribution in [3.05, 3.63) is 71.8 Å². The molecule has 2 aromatic rings. The number of benzene rings is 2. The van der Waals surface area contributed by atoms with Gasteiger partial charge in [0.15, 0.2) is 24.8 Å². The number of esters is 4. The second-order valence-corrected chi connectivity index (χ2v) is 35.0. The molecule has 0 spiro atoms. The third kappa shape index (κ3) is 43.5. The molecule has 4 saturated heterocycles. The van der Waals surface area contributed by atoms with Crippen LogP contribution in [0.25, 0.3) is 0 Å². The molecule has 25 heteroatoms. The zero-order valence-corrected chi connectivity index (χ0v) is 77.4. The highest BCUT2D eigenvalue weighted by atomic mass is 31.2. The minimum atomic E-state index is -1.17. The summed E-state index contributed by atoms with van der Waals surface area (Å²) in [5.41, 5.74) is 2.49. The molecular weight excluding hydrogens is 1530 g/mol. The fourth-order valence-electron chi connectivity index (χ4n) is 14.7. The Kier molecular flexibility index (Phi) is 57.5. The Hall–Kier alpha value is -4.81. The molecule has 9 unspecified atom stereocenters. The number of ether oxygens (including phenoxy) is 14. The number of aliphatic hydroxyl groups is 1.